The van der Waals surface area contributed by atoms with Crippen LogP contribution < -0.4 is 0 Å². The van der Waals surface area contributed by atoms with Gasteiger partial charge in [-0.1, -0.05) is 0 Å². The molecular formula is C14H17N3O4. The van der Waals surface area contributed by atoms with E-state index in [0.29, 0.717) is 5.71 Å². The van der Waals surface area contributed by atoms with E-state index >= 15 is 0 Å². The van der Waals surface area contributed by atoms with Crippen molar-refractivity contribution in [1.29, 1.82) is 0 Å². The van der Waals surface area contributed by atoms with Crippen LogP contribution in [0.5, 0.6) is 0 Å². The van der Waals surface area contributed by atoms with E-state index in [4.69, 9.17) is 0 Å². The molecule has 1 aliphatic heterocycles. The van der Waals surface area contributed by atoms with Crippen molar-refractivity contribution in [3.05, 3.63) is 39.9 Å². The smallest absolute Gasteiger partial charge is 0.276 e. The number of rotatable bonds is 2. The topological polar surface area (TPSA) is 96.0 Å². The SMILES string of the molecule is CC1=NN(C(=O)c2ccc([N+](=O)[O-])cc2)C(C)(O)C1(C)C. The Kier molecular flexibility index (Phi) is 3.33. The van der Waals surface area contributed by atoms with E-state index in [1.54, 1.807) is 20.8 Å². The van der Waals surface area contributed by atoms with Gasteiger partial charge in [0.25, 0.3) is 11.6 Å². The van der Waals surface area contributed by atoms with E-state index in [1.165, 1.54) is 31.2 Å². The molecular weight excluding hydrogens is 274 g/mol. The largest absolute Gasteiger partial charge is 0.368 e. The lowest BCUT2D eigenvalue weighted by molar-refractivity contribution is -0.384. The quantitative estimate of drug-likeness (QED) is 0.667. The summed E-state index contributed by atoms with van der Waals surface area (Å²) in [6.45, 7) is 6.87. The van der Waals surface area contributed by atoms with Crippen LogP contribution in [0.3, 0.4) is 0 Å². The normalized spacial score (nSPS) is 23.9. The third-order valence-corrected chi connectivity index (χ3v) is 4.27. The molecule has 0 radical (unpaired) electrons. The minimum Gasteiger partial charge on any atom is -0.368 e. The molecule has 1 aromatic rings. The number of amides is 1. The van der Waals surface area contributed by atoms with Crippen LogP contribution in [0.1, 0.15) is 38.1 Å². The van der Waals surface area contributed by atoms with E-state index < -0.39 is 22.0 Å². The zero-order chi connectivity index (χ0) is 16.0. The van der Waals surface area contributed by atoms with Gasteiger partial charge in [-0.2, -0.15) is 10.1 Å². The first kappa shape index (κ1) is 15.1. The maximum absolute atomic E-state index is 12.5. The van der Waals surface area contributed by atoms with E-state index in [1.807, 2.05) is 0 Å². The van der Waals surface area contributed by atoms with E-state index in [-0.39, 0.29) is 11.3 Å². The molecule has 21 heavy (non-hydrogen) atoms. The minimum absolute atomic E-state index is 0.0975. The lowest BCUT2D eigenvalue weighted by Crippen LogP contribution is -2.53. The highest BCUT2D eigenvalue weighted by atomic mass is 16.6. The first-order chi connectivity index (χ1) is 9.59. The first-order valence-corrected chi connectivity index (χ1v) is 6.46. The van der Waals surface area contributed by atoms with Crippen molar-refractivity contribution in [2.45, 2.75) is 33.4 Å². The number of hydrazone groups is 1. The molecule has 0 aliphatic carbocycles. The van der Waals surface area contributed by atoms with Gasteiger partial charge in [-0.15, -0.1) is 0 Å². The van der Waals surface area contributed by atoms with Crippen molar-refractivity contribution in [2.24, 2.45) is 10.5 Å². The Morgan fingerprint density at radius 2 is 1.81 bits per heavy atom. The maximum atomic E-state index is 12.5. The molecule has 0 saturated heterocycles. The van der Waals surface area contributed by atoms with Crippen LogP contribution in [0, 0.1) is 15.5 Å². The van der Waals surface area contributed by atoms with Crippen LogP contribution in [0.2, 0.25) is 0 Å². The molecule has 1 unspecified atom stereocenters. The molecule has 0 spiro atoms. The number of nitrogens with zero attached hydrogens (tertiary/aromatic N) is 3. The molecule has 112 valence electrons. The average Bonchev–Trinajstić information content (AvgIpc) is 2.58. The molecule has 2 rings (SSSR count). The zero-order valence-electron chi connectivity index (χ0n) is 12.3. The molecule has 0 saturated carbocycles. The summed E-state index contributed by atoms with van der Waals surface area (Å²) in [5, 5.41) is 26.4. The summed E-state index contributed by atoms with van der Waals surface area (Å²) in [6, 6.07) is 5.21. The van der Waals surface area contributed by atoms with Gasteiger partial charge in [-0.25, -0.2) is 0 Å². The second-order valence-electron chi connectivity index (χ2n) is 5.75. The molecule has 1 aromatic carbocycles. The Hall–Kier alpha value is -2.28. The van der Waals surface area contributed by atoms with Crippen LogP contribution in [0.15, 0.2) is 29.4 Å². The van der Waals surface area contributed by atoms with Gasteiger partial charge in [0.15, 0.2) is 5.72 Å². The molecule has 1 atom stereocenters. The summed E-state index contributed by atoms with van der Waals surface area (Å²) in [5.74, 6) is -0.500. The van der Waals surface area contributed by atoms with Crippen LogP contribution in [-0.4, -0.2) is 32.4 Å². The van der Waals surface area contributed by atoms with Gasteiger partial charge in [-0.3, -0.25) is 14.9 Å². The number of nitro groups is 1. The van der Waals surface area contributed by atoms with Crippen molar-refractivity contribution < 1.29 is 14.8 Å². The van der Waals surface area contributed by atoms with Gasteiger partial charge in [-0.05, 0) is 39.8 Å². The molecule has 7 nitrogen and oxygen atoms in total. The molecule has 7 heteroatoms. The van der Waals surface area contributed by atoms with Crippen molar-refractivity contribution in [3.8, 4) is 0 Å². The minimum atomic E-state index is -1.46. The second-order valence-corrected chi connectivity index (χ2v) is 5.75. The summed E-state index contributed by atoms with van der Waals surface area (Å²) < 4.78 is 0. The van der Waals surface area contributed by atoms with Gasteiger partial charge in [0.1, 0.15) is 0 Å². The number of benzene rings is 1. The monoisotopic (exact) mass is 291 g/mol. The number of carbonyl (C=O) groups is 1. The molecule has 0 aromatic heterocycles. The van der Waals surface area contributed by atoms with Crippen molar-refractivity contribution in [1.82, 2.24) is 5.01 Å². The van der Waals surface area contributed by atoms with Crippen LogP contribution >= 0.6 is 0 Å². The van der Waals surface area contributed by atoms with Gasteiger partial charge < -0.3 is 5.11 Å². The average molecular weight is 291 g/mol. The predicted octanol–water partition coefficient (Wildman–Crippen LogP) is 2.16. The van der Waals surface area contributed by atoms with Gasteiger partial charge in [0.2, 0.25) is 0 Å². The van der Waals surface area contributed by atoms with E-state index in [9.17, 15) is 20.0 Å². The Balaban J connectivity index is 2.35. The Morgan fingerprint density at radius 1 is 1.29 bits per heavy atom. The van der Waals surface area contributed by atoms with E-state index in [2.05, 4.69) is 5.10 Å². The van der Waals surface area contributed by atoms with Crippen molar-refractivity contribution >= 4 is 17.3 Å². The molecule has 0 bridgehead atoms. The maximum Gasteiger partial charge on any atom is 0.276 e. The highest BCUT2D eigenvalue weighted by molar-refractivity contribution is 5.99. The number of aliphatic hydroxyl groups is 1. The fraction of sp³-hybridized carbons (Fsp3) is 0.429. The summed E-state index contributed by atoms with van der Waals surface area (Å²) in [5.41, 5.74) is -1.36. The number of carbonyl (C=O) groups excluding carboxylic acids is 1. The summed E-state index contributed by atoms with van der Waals surface area (Å²) in [7, 11) is 0. The number of non-ortho nitro benzene ring substituents is 1. The molecule has 1 amide bonds. The molecule has 0 fully saturated rings. The summed E-state index contributed by atoms with van der Waals surface area (Å²) in [4.78, 5) is 22.5. The third-order valence-electron chi connectivity index (χ3n) is 4.27. The molecule has 1 N–H and O–H groups in total. The Labute approximate surface area is 122 Å². The van der Waals surface area contributed by atoms with Crippen LogP contribution in [0.25, 0.3) is 0 Å². The fourth-order valence-corrected chi connectivity index (χ4v) is 2.07. The highest BCUT2D eigenvalue weighted by Crippen LogP contribution is 2.41. The Morgan fingerprint density at radius 3 is 2.19 bits per heavy atom. The van der Waals surface area contributed by atoms with Crippen molar-refractivity contribution in [2.75, 3.05) is 0 Å². The molecule has 1 heterocycles. The van der Waals surface area contributed by atoms with Gasteiger partial charge in [0.05, 0.1) is 10.3 Å². The predicted molar refractivity (Wildman–Crippen MR) is 76.8 cm³/mol. The lowest BCUT2D eigenvalue weighted by Gasteiger charge is -2.37. The fourth-order valence-electron chi connectivity index (χ4n) is 2.07. The summed E-state index contributed by atoms with van der Waals surface area (Å²) in [6.07, 6.45) is 0. The number of hydrogen-bond acceptors (Lipinski definition) is 5. The number of nitro benzene ring substituents is 1. The zero-order valence-corrected chi connectivity index (χ0v) is 12.3. The van der Waals surface area contributed by atoms with Crippen LogP contribution in [-0.2, 0) is 0 Å². The first-order valence-electron chi connectivity index (χ1n) is 6.46. The Bertz CT molecular complexity index is 632. The van der Waals surface area contributed by atoms with Crippen LogP contribution in [0.4, 0.5) is 5.69 Å². The van der Waals surface area contributed by atoms with Gasteiger partial charge >= 0.3 is 0 Å². The van der Waals surface area contributed by atoms with E-state index in [0.717, 1.165) is 5.01 Å². The van der Waals surface area contributed by atoms with Crippen molar-refractivity contribution in [3.63, 3.8) is 0 Å². The van der Waals surface area contributed by atoms with Gasteiger partial charge in [0, 0.05) is 23.4 Å². The third kappa shape index (κ3) is 2.19. The summed E-state index contributed by atoms with van der Waals surface area (Å²) >= 11 is 0. The second kappa shape index (κ2) is 4.63. The standard InChI is InChI=1S/C14H17N3O4/c1-9-13(2,3)14(4,19)16(15-9)12(18)10-5-7-11(8-6-10)17(20)21/h5-8,19H,1-4H3. The molecule has 1 aliphatic rings. The lowest BCUT2D eigenvalue weighted by atomic mass is 9.79. The number of hydrogen-bond donors (Lipinski definition) is 1. The highest BCUT2D eigenvalue weighted by Gasteiger charge is 2.53.